The van der Waals surface area contributed by atoms with Gasteiger partial charge in [-0.3, -0.25) is 0 Å². The molecule has 0 amide bonds. The molecule has 2 aromatic rings. The summed E-state index contributed by atoms with van der Waals surface area (Å²) in [5, 5.41) is 1.42. The molecule has 2 rings (SSSR count). The molecule has 4 heteroatoms. The monoisotopic (exact) mass is 404 g/mol. The smallest absolute Gasteiger partial charge is 0.0423 e. The molecule has 18 heavy (non-hydrogen) atoms. The largest absolute Gasteiger partial charge is 0.0843 e. The van der Waals surface area contributed by atoms with Gasteiger partial charge in [0.25, 0.3) is 0 Å². The summed E-state index contributed by atoms with van der Waals surface area (Å²) in [6.45, 7) is 0. The second-order valence-electron chi connectivity index (χ2n) is 3.70. The Morgan fingerprint density at radius 2 is 1.61 bits per heavy atom. The molecule has 0 atom stereocenters. The van der Waals surface area contributed by atoms with Crippen molar-refractivity contribution in [1.29, 1.82) is 0 Å². The van der Waals surface area contributed by atoms with Crippen LogP contribution in [0.3, 0.4) is 0 Å². The van der Waals surface area contributed by atoms with Crippen molar-refractivity contribution in [1.82, 2.24) is 0 Å². The Labute approximate surface area is 133 Å². The molecule has 0 N–H and O–H groups in total. The summed E-state index contributed by atoms with van der Waals surface area (Å²) in [5.41, 5.74) is 2.06. The molecule has 0 fully saturated rings. The lowest BCUT2D eigenvalue weighted by Crippen LogP contribution is -1.77. The van der Waals surface area contributed by atoms with Gasteiger partial charge in [-0.25, -0.2) is 0 Å². The second kappa shape index (κ2) is 6.25. The maximum absolute atomic E-state index is 5.99. The molecule has 0 spiro atoms. The van der Waals surface area contributed by atoms with Gasteiger partial charge in [0.15, 0.2) is 0 Å². The Kier molecular flexibility index (Phi) is 4.91. The van der Waals surface area contributed by atoms with Crippen LogP contribution in [-0.4, -0.2) is 0 Å². The van der Waals surface area contributed by atoms with Crippen molar-refractivity contribution in [2.45, 2.75) is 0 Å². The molecule has 0 unspecified atom stereocenters. The van der Waals surface area contributed by atoms with Crippen LogP contribution in [0.1, 0.15) is 11.1 Å². The van der Waals surface area contributed by atoms with E-state index < -0.39 is 0 Å². The second-order valence-corrected chi connectivity index (χ2v) is 6.34. The minimum absolute atomic E-state index is 0.703. The number of rotatable bonds is 2. The molecule has 2 aromatic carbocycles. The van der Waals surface area contributed by atoms with Gasteiger partial charge in [0.1, 0.15) is 0 Å². The van der Waals surface area contributed by atoms with Gasteiger partial charge in [-0.15, -0.1) is 0 Å². The standard InChI is InChI=1S/C14H8Br2Cl2/c15-11-5-9(6-13(18)8-11)1-2-10-7-12(17)3-4-14(10)16/h1-8H. The molecule has 92 valence electrons. The van der Waals surface area contributed by atoms with Gasteiger partial charge >= 0.3 is 0 Å². The zero-order valence-corrected chi connectivity index (χ0v) is 13.8. The molecule has 0 bridgehead atoms. The summed E-state index contributed by atoms with van der Waals surface area (Å²) in [5.74, 6) is 0. The highest BCUT2D eigenvalue weighted by Crippen LogP contribution is 2.25. The van der Waals surface area contributed by atoms with Crippen molar-refractivity contribution in [3.63, 3.8) is 0 Å². The Morgan fingerprint density at radius 3 is 2.33 bits per heavy atom. The van der Waals surface area contributed by atoms with Crippen molar-refractivity contribution < 1.29 is 0 Å². The molecule has 0 nitrogen and oxygen atoms in total. The first kappa shape index (κ1) is 14.1. The van der Waals surface area contributed by atoms with E-state index in [1.54, 1.807) is 0 Å². The molecule has 0 saturated carbocycles. The highest BCUT2D eigenvalue weighted by molar-refractivity contribution is 9.10. The quantitative estimate of drug-likeness (QED) is 0.487. The molecule has 0 aliphatic rings. The van der Waals surface area contributed by atoms with Gasteiger partial charge in [-0.1, -0.05) is 67.2 Å². The van der Waals surface area contributed by atoms with Gasteiger partial charge in [-0.05, 0) is 47.5 Å². The third kappa shape index (κ3) is 3.86. The van der Waals surface area contributed by atoms with Crippen LogP contribution in [0.4, 0.5) is 0 Å². The summed E-state index contributed by atoms with van der Waals surface area (Å²) in [6, 6.07) is 11.4. The average molecular weight is 407 g/mol. The van der Waals surface area contributed by atoms with Crippen LogP contribution in [0.15, 0.2) is 45.3 Å². The minimum atomic E-state index is 0.703. The van der Waals surface area contributed by atoms with Crippen LogP contribution < -0.4 is 0 Å². The van der Waals surface area contributed by atoms with E-state index in [1.165, 1.54) is 0 Å². The third-order valence-electron chi connectivity index (χ3n) is 2.30. The molecule has 0 aliphatic carbocycles. The first-order valence-corrected chi connectivity index (χ1v) is 7.48. The molecule has 0 aromatic heterocycles. The number of halogens is 4. The van der Waals surface area contributed by atoms with Crippen LogP contribution in [0, 0.1) is 0 Å². The van der Waals surface area contributed by atoms with Crippen LogP contribution in [0.2, 0.25) is 10.0 Å². The van der Waals surface area contributed by atoms with Crippen molar-refractivity contribution in [3.05, 3.63) is 66.5 Å². The fourth-order valence-corrected chi connectivity index (χ4v) is 2.95. The van der Waals surface area contributed by atoms with Crippen molar-refractivity contribution in [2.24, 2.45) is 0 Å². The first-order chi connectivity index (χ1) is 8.54. The molecule has 0 saturated heterocycles. The predicted molar refractivity (Wildman–Crippen MR) is 87.2 cm³/mol. The zero-order chi connectivity index (χ0) is 13.1. The van der Waals surface area contributed by atoms with Gasteiger partial charge in [-0.2, -0.15) is 0 Å². The Morgan fingerprint density at radius 1 is 0.833 bits per heavy atom. The summed E-state index contributed by atoms with van der Waals surface area (Å²) in [7, 11) is 0. The lowest BCUT2D eigenvalue weighted by atomic mass is 10.1. The van der Waals surface area contributed by atoms with Gasteiger partial charge in [0, 0.05) is 19.0 Å². The van der Waals surface area contributed by atoms with Crippen LogP contribution in [0.5, 0.6) is 0 Å². The Bertz CT molecular complexity index is 586. The predicted octanol–water partition coefficient (Wildman–Crippen LogP) is 6.69. The maximum Gasteiger partial charge on any atom is 0.0423 e. The SMILES string of the molecule is Clc1cc(Br)cc(C=Cc2cc(Cl)ccc2Br)c1. The van der Waals surface area contributed by atoms with E-state index in [0.717, 1.165) is 20.1 Å². The van der Waals surface area contributed by atoms with Crippen molar-refractivity contribution in [2.75, 3.05) is 0 Å². The number of hydrogen-bond acceptors (Lipinski definition) is 0. The minimum Gasteiger partial charge on any atom is -0.0843 e. The topological polar surface area (TPSA) is 0 Å². The fraction of sp³-hybridized carbons (Fsp3) is 0. The lowest BCUT2D eigenvalue weighted by molar-refractivity contribution is 1.59. The average Bonchev–Trinajstić information content (AvgIpc) is 2.29. The van der Waals surface area contributed by atoms with Crippen molar-refractivity contribution >= 4 is 67.2 Å². The first-order valence-electron chi connectivity index (χ1n) is 5.14. The Hall–Kier alpha value is -0.280. The lowest BCUT2D eigenvalue weighted by Gasteiger charge is -2.00. The summed E-state index contributed by atoms with van der Waals surface area (Å²) < 4.78 is 1.96. The molecule has 0 aliphatic heterocycles. The summed E-state index contributed by atoms with van der Waals surface area (Å²) >= 11 is 18.9. The number of benzene rings is 2. The van der Waals surface area contributed by atoms with Crippen LogP contribution in [0.25, 0.3) is 12.2 Å². The van der Waals surface area contributed by atoms with E-state index in [1.807, 2.05) is 48.6 Å². The van der Waals surface area contributed by atoms with Crippen LogP contribution >= 0.6 is 55.1 Å². The van der Waals surface area contributed by atoms with Gasteiger partial charge in [0.05, 0.1) is 0 Å². The van der Waals surface area contributed by atoms with Gasteiger partial charge < -0.3 is 0 Å². The van der Waals surface area contributed by atoms with E-state index in [2.05, 4.69) is 31.9 Å². The van der Waals surface area contributed by atoms with Crippen molar-refractivity contribution in [3.8, 4) is 0 Å². The Balaban J connectivity index is 2.32. The van der Waals surface area contributed by atoms with E-state index in [9.17, 15) is 0 Å². The summed E-state index contributed by atoms with van der Waals surface area (Å²) in [4.78, 5) is 0. The van der Waals surface area contributed by atoms with E-state index in [-0.39, 0.29) is 0 Å². The molecular formula is C14H8Br2Cl2. The highest BCUT2D eigenvalue weighted by Gasteiger charge is 1.98. The molecule has 0 radical (unpaired) electrons. The van der Waals surface area contributed by atoms with E-state index in [0.29, 0.717) is 10.0 Å². The van der Waals surface area contributed by atoms with E-state index >= 15 is 0 Å². The van der Waals surface area contributed by atoms with E-state index in [4.69, 9.17) is 23.2 Å². The number of hydrogen-bond donors (Lipinski definition) is 0. The maximum atomic E-state index is 5.99. The molecular weight excluding hydrogens is 399 g/mol. The van der Waals surface area contributed by atoms with Gasteiger partial charge in [0.2, 0.25) is 0 Å². The molecule has 0 heterocycles. The highest BCUT2D eigenvalue weighted by atomic mass is 79.9. The summed E-state index contributed by atoms with van der Waals surface area (Å²) in [6.07, 6.45) is 3.99. The fourth-order valence-electron chi connectivity index (χ4n) is 1.50. The zero-order valence-electron chi connectivity index (χ0n) is 9.13. The third-order valence-corrected chi connectivity index (χ3v) is 3.93. The van der Waals surface area contributed by atoms with Crippen LogP contribution in [-0.2, 0) is 0 Å². The normalized spacial score (nSPS) is 11.1.